The SMILES string of the molecule is COC1(C)C=CC(=O)C(C)=C1. The molecule has 0 fully saturated rings. The Morgan fingerprint density at radius 3 is 2.64 bits per heavy atom. The Morgan fingerprint density at radius 2 is 2.18 bits per heavy atom. The monoisotopic (exact) mass is 152 g/mol. The molecule has 1 rings (SSSR count). The normalized spacial score (nSPS) is 30.5. The molecule has 0 N–H and O–H groups in total. The van der Waals surface area contributed by atoms with Crippen LogP contribution in [0.2, 0.25) is 0 Å². The first-order valence-corrected chi connectivity index (χ1v) is 3.55. The van der Waals surface area contributed by atoms with Crippen molar-refractivity contribution in [1.29, 1.82) is 0 Å². The summed E-state index contributed by atoms with van der Waals surface area (Å²) in [5.41, 5.74) is 0.356. The summed E-state index contributed by atoms with van der Waals surface area (Å²) < 4.78 is 5.18. The Morgan fingerprint density at radius 1 is 1.55 bits per heavy atom. The largest absolute Gasteiger partial charge is 0.370 e. The summed E-state index contributed by atoms with van der Waals surface area (Å²) in [6, 6.07) is 0. The Balaban J connectivity index is 2.93. The second-order valence-corrected chi connectivity index (χ2v) is 2.91. The first kappa shape index (κ1) is 8.21. The molecule has 0 aromatic carbocycles. The van der Waals surface area contributed by atoms with Gasteiger partial charge < -0.3 is 4.74 Å². The summed E-state index contributed by atoms with van der Waals surface area (Å²) in [5.74, 6) is 0.0690. The van der Waals surface area contributed by atoms with Gasteiger partial charge in [-0.1, -0.05) is 0 Å². The molecule has 11 heavy (non-hydrogen) atoms. The summed E-state index contributed by atoms with van der Waals surface area (Å²) in [6.45, 7) is 3.71. The third-order valence-electron chi connectivity index (χ3n) is 1.90. The fourth-order valence-corrected chi connectivity index (χ4v) is 1.05. The van der Waals surface area contributed by atoms with Crippen molar-refractivity contribution >= 4 is 5.78 Å². The fourth-order valence-electron chi connectivity index (χ4n) is 1.05. The van der Waals surface area contributed by atoms with E-state index < -0.39 is 5.60 Å². The van der Waals surface area contributed by atoms with Crippen molar-refractivity contribution in [3.05, 3.63) is 23.8 Å². The molecule has 1 unspecified atom stereocenters. The van der Waals surface area contributed by atoms with Crippen LogP contribution in [0.1, 0.15) is 13.8 Å². The molecule has 2 nitrogen and oxygen atoms in total. The number of ketones is 1. The highest BCUT2D eigenvalue weighted by Gasteiger charge is 2.22. The van der Waals surface area contributed by atoms with Gasteiger partial charge in [0.15, 0.2) is 5.78 Å². The van der Waals surface area contributed by atoms with Crippen molar-refractivity contribution < 1.29 is 9.53 Å². The van der Waals surface area contributed by atoms with Gasteiger partial charge >= 0.3 is 0 Å². The average molecular weight is 152 g/mol. The Bertz CT molecular complexity index is 238. The summed E-state index contributed by atoms with van der Waals surface area (Å²) in [6.07, 6.45) is 5.15. The molecule has 1 atom stereocenters. The molecule has 0 saturated heterocycles. The third kappa shape index (κ3) is 1.57. The minimum atomic E-state index is -0.391. The van der Waals surface area contributed by atoms with Crippen LogP contribution in [0.5, 0.6) is 0 Å². The highest BCUT2D eigenvalue weighted by Crippen LogP contribution is 2.20. The van der Waals surface area contributed by atoms with Gasteiger partial charge in [-0.25, -0.2) is 0 Å². The second kappa shape index (κ2) is 2.62. The van der Waals surface area contributed by atoms with Gasteiger partial charge in [0.05, 0.1) is 0 Å². The number of carbonyl (C=O) groups is 1. The lowest BCUT2D eigenvalue weighted by molar-refractivity contribution is -0.111. The Labute approximate surface area is 66.5 Å². The second-order valence-electron chi connectivity index (χ2n) is 2.91. The molecule has 0 radical (unpaired) electrons. The van der Waals surface area contributed by atoms with E-state index in [2.05, 4.69) is 0 Å². The van der Waals surface area contributed by atoms with Gasteiger partial charge in [-0.15, -0.1) is 0 Å². The van der Waals surface area contributed by atoms with Crippen molar-refractivity contribution in [2.45, 2.75) is 19.4 Å². The molecule has 0 heterocycles. The minimum absolute atomic E-state index is 0.0690. The average Bonchev–Trinajstić information content (AvgIpc) is 1.98. The van der Waals surface area contributed by atoms with Crippen LogP contribution in [0.3, 0.4) is 0 Å². The zero-order valence-corrected chi connectivity index (χ0v) is 7.05. The molecule has 0 bridgehead atoms. The van der Waals surface area contributed by atoms with Crippen LogP contribution in [0.15, 0.2) is 23.8 Å². The summed E-state index contributed by atoms with van der Waals surface area (Å²) in [4.78, 5) is 11.0. The van der Waals surface area contributed by atoms with Gasteiger partial charge in [0, 0.05) is 7.11 Å². The zero-order chi connectivity index (χ0) is 8.48. The molecule has 2 heteroatoms. The van der Waals surface area contributed by atoms with Gasteiger partial charge in [0.25, 0.3) is 0 Å². The van der Waals surface area contributed by atoms with E-state index >= 15 is 0 Å². The molecule has 0 aromatic rings. The van der Waals surface area contributed by atoms with Crippen LogP contribution >= 0.6 is 0 Å². The van der Waals surface area contributed by atoms with Gasteiger partial charge in [0.1, 0.15) is 5.60 Å². The highest BCUT2D eigenvalue weighted by molar-refractivity contribution is 6.04. The van der Waals surface area contributed by atoms with Crippen LogP contribution in [-0.4, -0.2) is 18.5 Å². The van der Waals surface area contributed by atoms with E-state index in [9.17, 15) is 4.79 Å². The predicted molar refractivity (Wildman–Crippen MR) is 43.3 cm³/mol. The highest BCUT2D eigenvalue weighted by atomic mass is 16.5. The van der Waals surface area contributed by atoms with E-state index in [1.807, 2.05) is 13.0 Å². The van der Waals surface area contributed by atoms with Crippen LogP contribution < -0.4 is 0 Å². The van der Waals surface area contributed by atoms with E-state index in [1.54, 1.807) is 26.2 Å². The van der Waals surface area contributed by atoms with Gasteiger partial charge in [0.2, 0.25) is 0 Å². The lowest BCUT2D eigenvalue weighted by atomic mass is 9.95. The first-order valence-electron chi connectivity index (χ1n) is 3.55. The van der Waals surface area contributed by atoms with Gasteiger partial charge in [-0.2, -0.15) is 0 Å². The maximum Gasteiger partial charge on any atom is 0.181 e. The molecule has 1 aliphatic carbocycles. The van der Waals surface area contributed by atoms with Gasteiger partial charge in [-0.05, 0) is 37.6 Å². The molecule has 0 amide bonds. The minimum Gasteiger partial charge on any atom is -0.370 e. The molecular formula is C9H12O2. The number of allylic oxidation sites excluding steroid dienone is 2. The molecule has 0 saturated carbocycles. The molecule has 0 spiro atoms. The Hall–Kier alpha value is -0.890. The molecular weight excluding hydrogens is 140 g/mol. The number of ether oxygens (including phenoxy) is 1. The van der Waals surface area contributed by atoms with E-state index in [4.69, 9.17) is 4.74 Å². The summed E-state index contributed by atoms with van der Waals surface area (Å²) >= 11 is 0. The maximum absolute atomic E-state index is 11.0. The van der Waals surface area contributed by atoms with Crippen LogP contribution in [-0.2, 0) is 9.53 Å². The van der Waals surface area contributed by atoms with Crippen molar-refractivity contribution in [2.24, 2.45) is 0 Å². The van der Waals surface area contributed by atoms with Crippen molar-refractivity contribution in [1.82, 2.24) is 0 Å². The smallest absolute Gasteiger partial charge is 0.181 e. The molecule has 0 aromatic heterocycles. The molecule has 1 aliphatic rings. The third-order valence-corrected chi connectivity index (χ3v) is 1.90. The zero-order valence-electron chi connectivity index (χ0n) is 7.05. The van der Waals surface area contributed by atoms with Crippen LogP contribution in [0.25, 0.3) is 0 Å². The van der Waals surface area contributed by atoms with E-state index in [1.165, 1.54) is 0 Å². The number of hydrogen-bond donors (Lipinski definition) is 0. The molecule has 60 valence electrons. The molecule has 0 aliphatic heterocycles. The summed E-state index contributed by atoms with van der Waals surface area (Å²) in [7, 11) is 1.63. The standard InChI is InChI=1S/C9H12O2/c1-7-6-9(2,11-3)5-4-8(7)10/h4-6H,1-3H3. The predicted octanol–water partition coefficient (Wildman–Crippen LogP) is 1.48. The Kier molecular flexibility index (Phi) is 1.96. The van der Waals surface area contributed by atoms with Crippen molar-refractivity contribution in [3.8, 4) is 0 Å². The fraction of sp³-hybridized carbons (Fsp3) is 0.444. The number of rotatable bonds is 1. The number of methoxy groups -OCH3 is 1. The van der Waals surface area contributed by atoms with E-state index in [-0.39, 0.29) is 5.78 Å². The lowest BCUT2D eigenvalue weighted by Crippen LogP contribution is -2.25. The first-order chi connectivity index (χ1) is 5.07. The van der Waals surface area contributed by atoms with Crippen molar-refractivity contribution in [3.63, 3.8) is 0 Å². The maximum atomic E-state index is 11.0. The number of hydrogen-bond acceptors (Lipinski definition) is 2. The van der Waals surface area contributed by atoms with Gasteiger partial charge in [-0.3, -0.25) is 4.79 Å². The summed E-state index contributed by atoms with van der Waals surface area (Å²) in [5, 5.41) is 0. The van der Waals surface area contributed by atoms with E-state index in [0.717, 1.165) is 5.57 Å². The quantitative estimate of drug-likeness (QED) is 0.568. The van der Waals surface area contributed by atoms with Crippen LogP contribution in [0, 0.1) is 0 Å². The van der Waals surface area contributed by atoms with Crippen molar-refractivity contribution in [2.75, 3.05) is 7.11 Å². The number of carbonyl (C=O) groups excluding carboxylic acids is 1. The van der Waals surface area contributed by atoms with E-state index in [0.29, 0.717) is 0 Å². The van der Waals surface area contributed by atoms with Crippen LogP contribution in [0.4, 0.5) is 0 Å². The topological polar surface area (TPSA) is 26.3 Å². The lowest BCUT2D eigenvalue weighted by Gasteiger charge is -2.23.